The van der Waals surface area contributed by atoms with Crippen molar-refractivity contribution < 1.29 is 22.9 Å². The van der Waals surface area contributed by atoms with Crippen LogP contribution in [0.4, 0.5) is 24.5 Å². The summed E-state index contributed by atoms with van der Waals surface area (Å²) < 4.78 is 40.1. The number of hydrogen-bond acceptors (Lipinski definition) is 6. The Kier molecular flexibility index (Phi) is 7.67. The third kappa shape index (κ3) is 6.67. The van der Waals surface area contributed by atoms with E-state index < -0.39 is 16.7 Å². The summed E-state index contributed by atoms with van der Waals surface area (Å²) in [5, 5.41) is 17.3. The second kappa shape index (κ2) is 10.4. The van der Waals surface area contributed by atoms with E-state index in [4.69, 9.17) is 0 Å². The van der Waals surface area contributed by atoms with Crippen molar-refractivity contribution in [2.75, 3.05) is 44.2 Å². The van der Waals surface area contributed by atoms with Gasteiger partial charge < -0.3 is 10.2 Å². The van der Waals surface area contributed by atoms with E-state index in [0.29, 0.717) is 25.3 Å². The smallest absolute Gasteiger partial charge is 0.369 e. The number of hydrogen-bond donors (Lipinski definition) is 1. The summed E-state index contributed by atoms with van der Waals surface area (Å²) in [6.07, 6.45) is -0.993. The molecule has 1 N–H and O–H groups in total. The highest BCUT2D eigenvalue weighted by molar-refractivity contribution is 5.75. The molecule has 32 heavy (non-hydrogen) atoms. The van der Waals surface area contributed by atoms with Crippen LogP contribution in [0.25, 0.3) is 0 Å². The fourth-order valence-electron chi connectivity index (χ4n) is 3.51. The minimum atomic E-state index is -4.35. The minimum Gasteiger partial charge on any atom is -0.369 e. The average Bonchev–Trinajstić information content (AvgIpc) is 3.25. The summed E-state index contributed by atoms with van der Waals surface area (Å²) in [6, 6.07) is 5.39. The van der Waals surface area contributed by atoms with Crippen LogP contribution in [-0.2, 0) is 17.5 Å². The van der Waals surface area contributed by atoms with Gasteiger partial charge in [-0.15, -0.1) is 0 Å². The van der Waals surface area contributed by atoms with Gasteiger partial charge in [-0.05, 0) is 31.2 Å². The van der Waals surface area contributed by atoms with Crippen LogP contribution in [-0.4, -0.2) is 64.8 Å². The number of halogens is 3. The quantitative estimate of drug-likeness (QED) is 0.355. The summed E-state index contributed by atoms with van der Waals surface area (Å²) >= 11 is 0. The molecule has 0 bridgehead atoms. The van der Waals surface area contributed by atoms with Gasteiger partial charge in [-0.1, -0.05) is 6.07 Å². The molecular formula is C20H25F3N6O3. The zero-order valence-electron chi connectivity index (χ0n) is 17.4. The molecule has 2 aromatic rings. The molecule has 1 amide bonds. The summed E-state index contributed by atoms with van der Waals surface area (Å²) in [4.78, 5) is 26.2. The molecule has 1 saturated heterocycles. The Balaban J connectivity index is 1.31. The molecule has 1 aliphatic heterocycles. The lowest BCUT2D eigenvalue weighted by molar-refractivity contribution is -0.385. The Morgan fingerprint density at radius 1 is 1.19 bits per heavy atom. The fraction of sp³-hybridized carbons (Fsp3) is 0.500. The molecule has 0 saturated carbocycles. The van der Waals surface area contributed by atoms with E-state index in [1.165, 1.54) is 23.0 Å². The van der Waals surface area contributed by atoms with Crippen molar-refractivity contribution in [1.82, 2.24) is 20.0 Å². The molecule has 0 spiro atoms. The van der Waals surface area contributed by atoms with Crippen LogP contribution in [0.3, 0.4) is 0 Å². The van der Waals surface area contributed by atoms with Crippen molar-refractivity contribution in [2.24, 2.45) is 0 Å². The van der Waals surface area contributed by atoms with Gasteiger partial charge in [0.1, 0.15) is 12.4 Å². The maximum Gasteiger partial charge on any atom is 0.416 e. The van der Waals surface area contributed by atoms with Crippen molar-refractivity contribution in [3.8, 4) is 0 Å². The van der Waals surface area contributed by atoms with Crippen LogP contribution < -0.4 is 10.2 Å². The van der Waals surface area contributed by atoms with Crippen molar-refractivity contribution in [3.63, 3.8) is 0 Å². The predicted octanol–water partition coefficient (Wildman–Crippen LogP) is 2.53. The second-order valence-corrected chi connectivity index (χ2v) is 7.55. The van der Waals surface area contributed by atoms with E-state index in [9.17, 15) is 28.1 Å². The molecule has 174 valence electrons. The largest absolute Gasteiger partial charge is 0.416 e. The number of benzene rings is 1. The number of rotatable bonds is 9. The Morgan fingerprint density at radius 2 is 1.94 bits per heavy atom. The highest BCUT2D eigenvalue weighted by Gasteiger charge is 2.31. The summed E-state index contributed by atoms with van der Waals surface area (Å²) in [7, 11) is 0. The molecule has 1 aromatic heterocycles. The maximum atomic E-state index is 12.9. The number of piperazine rings is 1. The lowest BCUT2D eigenvalue weighted by atomic mass is 10.1. The molecule has 1 aromatic carbocycles. The molecule has 0 radical (unpaired) electrons. The van der Waals surface area contributed by atoms with Gasteiger partial charge in [0, 0.05) is 51.4 Å². The monoisotopic (exact) mass is 454 g/mol. The standard InChI is InChI=1S/C20H25F3N6O3/c21-20(22,23)16-3-1-4-17(13-16)27-11-9-26(10-12-27)7-2-6-24-19(30)5-8-28-15-18(14-25-28)29(31)32/h1,3-4,13-15H,2,5-12H2,(H,24,30). The molecular weight excluding hydrogens is 429 g/mol. The maximum absolute atomic E-state index is 12.9. The lowest BCUT2D eigenvalue weighted by Crippen LogP contribution is -2.47. The normalized spacial score (nSPS) is 15.0. The first-order chi connectivity index (χ1) is 15.2. The van der Waals surface area contributed by atoms with Gasteiger partial charge in [-0.3, -0.25) is 24.5 Å². The van der Waals surface area contributed by atoms with E-state index in [0.717, 1.165) is 38.3 Å². The number of aryl methyl sites for hydroxylation is 1. The zero-order valence-corrected chi connectivity index (χ0v) is 17.4. The van der Waals surface area contributed by atoms with Crippen LogP contribution in [0.1, 0.15) is 18.4 Å². The highest BCUT2D eigenvalue weighted by Crippen LogP contribution is 2.31. The first-order valence-corrected chi connectivity index (χ1v) is 10.3. The molecule has 2 heterocycles. The Labute approximate surface area is 182 Å². The average molecular weight is 454 g/mol. The predicted molar refractivity (Wildman–Crippen MR) is 111 cm³/mol. The third-order valence-electron chi connectivity index (χ3n) is 5.28. The summed E-state index contributed by atoms with van der Waals surface area (Å²) in [5.74, 6) is -0.155. The molecule has 9 nitrogen and oxygen atoms in total. The number of anilines is 1. The molecule has 12 heteroatoms. The number of carbonyl (C=O) groups excluding carboxylic acids is 1. The van der Waals surface area contributed by atoms with Crippen molar-refractivity contribution >= 4 is 17.3 Å². The molecule has 0 aliphatic carbocycles. The first kappa shape index (κ1) is 23.5. The number of carbonyl (C=O) groups is 1. The molecule has 1 aliphatic rings. The number of alkyl halides is 3. The number of nitrogens with zero attached hydrogens (tertiary/aromatic N) is 5. The van der Waals surface area contributed by atoms with Crippen LogP contribution in [0, 0.1) is 10.1 Å². The SMILES string of the molecule is O=C(CCn1cc([N+](=O)[O-])cn1)NCCCN1CCN(c2cccc(C(F)(F)F)c2)CC1. The Hall–Kier alpha value is -3.15. The van der Waals surface area contributed by atoms with Gasteiger partial charge in [0.15, 0.2) is 0 Å². The highest BCUT2D eigenvalue weighted by atomic mass is 19.4. The Morgan fingerprint density at radius 3 is 2.59 bits per heavy atom. The van der Waals surface area contributed by atoms with E-state index in [-0.39, 0.29) is 24.6 Å². The van der Waals surface area contributed by atoms with Gasteiger partial charge in [0.05, 0.1) is 10.5 Å². The summed E-state index contributed by atoms with van der Waals surface area (Å²) in [5.41, 5.74) is -0.174. The van der Waals surface area contributed by atoms with E-state index in [2.05, 4.69) is 15.3 Å². The van der Waals surface area contributed by atoms with Crippen LogP contribution in [0.5, 0.6) is 0 Å². The minimum absolute atomic E-state index is 0.112. The van der Waals surface area contributed by atoms with E-state index in [1.54, 1.807) is 6.07 Å². The third-order valence-corrected chi connectivity index (χ3v) is 5.28. The zero-order chi connectivity index (χ0) is 23.1. The van der Waals surface area contributed by atoms with Gasteiger partial charge in [0.25, 0.3) is 0 Å². The van der Waals surface area contributed by atoms with Crippen molar-refractivity contribution in [3.05, 3.63) is 52.3 Å². The molecule has 0 unspecified atom stereocenters. The summed E-state index contributed by atoms with van der Waals surface area (Å²) in [6.45, 7) is 4.31. The van der Waals surface area contributed by atoms with E-state index >= 15 is 0 Å². The first-order valence-electron chi connectivity index (χ1n) is 10.3. The second-order valence-electron chi connectivity index (χ2n) is 7.55. The van der Waals surface area contributed by atoms with Crippen molar-refractivity contribution in [2.45, 2.75) is 25.6 Å². The number of aromatic nitrogens is 2. The van der Waals surface area contributed by atoms with Gasteiger partial charge >= 0.3 is 11.9 Å². The number of amides is 1. The lowest BCUT2D eigenvalue weighted by Gasteiger charge is -2.36. The van der Waals surface area contributed by atoms with Crippen LogP contribution in [0.2, 0.25) is 0 Å². The van der Waals surface area contributed by atoms with Crippen LogP contribution in [0.15, 0.2) is 36.7 Å². The van der Waals surface area contributed by atoms with E-state index in [1.807, 2.05) is 4.90 Å². The molecule has 3 rings (SSSR count). The Bertz CT molecular complexity index is 925. The van der Waals surface area contributed by atoms with Gasteiger partial charge in [-0.2, -0.15) is 18.3 Å². The van der Waals surface area contributed by atoms with Crippen LogP contribution >= 0.6 is 0 Å². The topological polar surface area (TPSA) is 96.5 Å². The number of nitrogens with one attached hydrogen (secondary N) is 1. The number of nitro groups is 1. The van der Waals surface area contributed by atoms with Gasteiger partial charge in [0.2, 0.25) is 5.91 Å². The van der Waals surface area contributed by atoms with Gasteiger partial charge in [-0.25, -0.2) is 0 Å². The fourth-order valence-corrected chi connectivity index (χ4v) is 3.51. The molecule has 1 fully saturated rings. The molecule has 0 atom stereocenters. The van der Waals surface area contributed by atoms with Crippen molar-refractivity contribution in [1.29, 1.82) is 0 Å².